The molecule has 2 heterocycles. The molecule has 2 aliphatic heterocycles. The number of barbiturate groups is 1. The van der Waals surface area contributed by atoms with Gasteiger partial charge in [0, 0.05) is 11.6 Å². The van der Waals surface area contributed by atoms with Crippen LogP contribution in [0.4, 0.5) is 10.5 Å². The third-order valence-electron chi connectivity index (χ3n) is 4.30. The molecule has 0 saturated carbocycles. The first kappa shape index (κ1) is 18.5. The number of hydrogen-bond donors (Lipinski definition) is 1. The number of anilines is 1. The van der Waals surface area contributed by atoms with Crippen LogP contribution >= 0.6 is 0 Å². The third kappa shape index (κ3) is 3.52. The van der Waals surface area contributed by atoms with Gasteiger partial charge in [0.05, 0.1) is 11.8 Å². The van der Waals surface area contributed by atoms with E-state index in [1.54, 1.807) is 36.4 Å². The molecule has 0 aliphatic carbocycles. The lowest BCUT2D eigenvalue weighted by molar-refractivity contribution is -0.122. The average molecular weight is 394 g/mol. The molecule has 0 spiro atoms. The van der Waals surface area contributed by atoms with E-state index in [0.29, 0.717) is 22.8 Å². The van der Waals surface area contributed by atoms with Gasteiger partial charge in [0.25, 0.3) is 11.8 Å². The summed E-state index contributed by atoms with van der Waals surface area (Å²) in [4.78, 5) is 38.7. The predicted molar refractivity (Wildman–Crippen MR) is 104 cm³/mol. The number of nitrogens with zero attached hydrogens (tertiary/aromatic N) is 1. The van der Waals surface area contributed by atoms with Gasteiger partial charge >= 0.3 is 6.03 Å². The molecule has 2 aromatic carbocycles. The Morgan fingerprint density at radius 3 is 2.62 bits per heavy atom. The lowest BCUT2D eigenvalue weighted by Gasteiger charge is -2.26. The van der Waals surface area contributed by atoms with Crippen molar-refractivity contribution < 1.29 is 28.6 Å². The number of para-hydroxylation sites is 1. The summed E-state index contributed by atoms with van der Waals surface area (Å²) < 4.78 is 16.3. The lowest BCUT2D eigenvalue weighted by Crippen LogP contribution is -2.54. The third-order valence-corrected chi connectivity index (χ3v) is 4.30. The van der Waals surface area contributed by atoms with Gasteiger partial charge in [-0.05, 0) is 38.1 Å². The fourth-order valence-electron chi connectivity index (χ4n) is 3.03. The summed E-state index contributed by atoms with van der Waals surface area (Å²) in [6.07, 6.45) is 1.33. The molecule has 0 bridgehead atoms. The Hall–Kier alpha value is -3.81. The number of rotatable bonds is 4. The van der Waals surface area contributed by atoms with Crippen molar-refractivity contribution in [3.63, 3.8) is 0 Å². The Labute approximate surface area is 166 Å². The summed E-state index contributed by atoms with van der Waals surface area (Å²) in [5.74, 6) is -0.0399. The number of fused-ring (bicyclic) bond motifs is 1. The van der Waals surface area contributed by atoms with Gasteiger partial charge in [0.1, 0.15) is 11.3 Å². The highest BCUT2D eigenvalue weighted by atomic mass is 16.7. The molecule has 29 heavy (non-hydrogen) atoms. The molecule has 0 aromatic heterocycles. The van der Waals surface area contributed by atoms with Crippen LogP contribution in [0.1, 0.15) is 19.4 Å². The Morgan fingerprint density at radius 1 is 1.07 bits per heavy atom. The molecule has 8 heteroatoms. The van der Waals surface area contributed by atoms with Gasteiger partial charge in [-0.15, -0.1) is 0 Å². The van der Waals surface area contributed by atoms with Gasteiger partial charge in [0.15, 0.2) is 11.5 Å². The minimum atomic E-state index is -0.831. The second kappa shape index (κ2) is 7.31. The average Bonchev–Trinajstić information content (AvgIpc) is 3.13. The fourth-order valence-corrected chi connectivity index (χ4v) is 3.03. The second-order valence-corrected chi connectivity index (χ2v) is 6.70. The van der Waals surface area contributed by atoms with Crippen molar-refractivity contribution in [1.82, 2.24) is 5.32 Å². The molecule has 1 N–H and O–H groups in total. The van der Waals surface area contributed by atoms with Crippen LogP contribution in [-0.4, -0.2) is 30.7 Å². The number of ether oxygens (including phenoxy) is 3. The first-order chi connectivity index (χ1) is 13.9. The van der Waals surface area contributed by atoms with Crippen molar-refractivity contribution in [1.29, 1.82) is 0 Å². The van der Waals surface area contributed by atoms with Crippen LogP contribution in [0.25, 0.3) is 6.08 Å². The molecule has 1 saturated heterocycles. The minimum Gasteiger partial charge on any atom is -0.490 e. The Morgan fingerprint density at radius 2 is 1.83 bits per heavy atom. The SMILES string of the molecule is CC(C)Oc1ccccc1/C=C1\C(=O)NC(=O)N(c2ccc3c(c2)OCO3)C1=O. The molecule has 0 unspecified atom stereocenters. The predicted octanol–water partition coefficient (Wildman–Crippen LogP) is 2.87. The van der Waals surface area contributed by atoms with E-state index in [0.717, 1.165) is 4.90 Å². The van der Waals surface area contributed by atoms with Crippen molar-refractivity contribution >= 4 is 29.6 Å². The summed E-state index contributed by atoms with van der Waals surface area (Å²) in [5, 5.41) is 2.20. The summed E-state index contributed by atoms with van der Waals surface area (Å²) in [7, 11) is 0. The van der Waals surface area contributed by atoms with Gasteiger partial charge < -0.3 is 14.2 Å². The Bertz CT molecular complexity index is 1040. The molecular weight excluding hydrogens is 376 g/mol. The van der Waals surface area contributed by atoms with Crippen molar-refractivity contribution in [3.05, 3.63) is 53.6 Å². The largest absolute Gasteiger partial charge is 0.490 e. The number of nitrogens with one attached hydrogen (secondary N) is 1. The molecule has 4 amide bonds. The van der Waals surface area contributed by atoms with E-state index >= 15 is 0 Å². The van der Waals surface area contributed by atoms with E-state index in [1.807, 2.05) is 13.8 Å². The molecule has 4 rings (SSSR count). The molecular formula is C21H18N2O6. The topological polar surface area (TPSA) is 94.2 Å². The Balaban J connectivity index is 1.72. The normalized spacial score (nSPS) is 17.1. The van der Waals surface area contributed by atoms with Crippen molar-refractivity contribution in [2.45, 2.75) is 20.0 Å². The standard InChI is InChI=1S/C21H18N2O6/c1-12(2)29-16-6-4-3-5-13(16)9-15-19(24)22-21(26)23(20(15)25)14-7-8-17-18(10-14)28-11-27-17/h3-10,12H,11H2,1-2H3,(H,22,24,26)/b15-9+. The zero-order valence-electron chi connectivity index (χ0n) is 15.8. The van der Waals surface area contributed by atoms with Crippen LogP contribution in [0.2, 0.25) is 0 Å². The molecule has 8 nitrogen and oxygen atoms in total. The van der Waals surface area contributed by atoms with Crippen molar-refractivity contribution in [3.8, 4) is 17.2 Å². The highest BCUT2D eigenvalue weighted by Gasteiger charge is 2.37. The number of carbonyl (C=O) groups is 3. The molecule has 0 atom stereocenters. The fraction of sp³-hybridized carbons (Fsp3) is 0.190. The summed E-state index contributed by atoms with van der Waals surface area (Å²) >= 11 is 0. The van der Waals surface area contributed by atoms with E-state index in [4.69, 9.17) is 14.2 Å². The number of benzene rings is 2. The van der Waals surface area contributed by atoms with Gasteiger partial charge in [0.2, 0.25) is 6.79 Å². The van der Waals surface area contributed by atoms with E-state index in [9.17, 15) is 14.4 Å². The first-order valence-corrected chi connectivity index (χ1v) is 9.01. The number of imide groups is 2. The van der Waals surface area contributed by atoms with E-state index in [2.05, 4.69) is 5.32 Å². The van der Waals surface area contributed by atoms with Crippen LogP contribution in [0.3, 0.4) is 0 Å². The molecule has 2 aromatic rings. The van der Waals surface area contributed by atoms with Gasteiger partial charge in [-0.3, -0.25) is 14.9 Å². The highest BCUT2D eigenvalue weighted by molar-refractivity contribution is 6.39. The maximum Gasteiger partial charge on any atom is 0.335 e. The smallest absolute Gasteiger partial charge is 0.335 e. The molecule has 1 fully saturated rings. The van der Waals surface area contributed by atoms with E-state index in [-0.39, 0.29) is 24.2 Å². The maximum atomic E-state index is 13.0. The maximum absolute atomic E-state index is 13.0. The van der Waals surface area contributed by atoms with Crippen LogP contribution in [0.15, 0.2) is 48.0 Å². The molecule has 148 valence electrons. The monoisotopic (exact) mass is 394 g/mol. The lowest BCUT2D eigenvalue weighted by atomic mass is 10.1. The quantitative estimate of drug-likeness (QED) is 0.633. The van der Waals surface area contributed by atoms with Crippen molar-refractivity contribution in [2.75, 3.05) is 11.7 Å². The van der Waals surface area contributed by atoms with Crippen molar-refractivity contribution in [2.24, 2.45) is 0 Å². The number of carbonyl (C=O) groups excluding carboxylic acids is 3. The van der Waals surface area contributed by atoms with E-state index < -0.39 is 17.8 Å². The first-order valence-electron chi connectivity index (χ1n) is 9.01. The van der Waals surface area contributed by atoms with Crippen LogP contribution in [0.5, 0.6) is 17.2 Å². The zero-order chi connectivity index (χ0) is 20.5. The Kier molecular flexibility index (Phi) is 4.67. The summed E-state index contributed by atoms with van der Waals surface area (Å²) in [5.41, 5.74) is 0.642. The molecule has 2 aliphatic rings. The number of urea groups is 1. The van der Waals surface area contributed by atoms with Gasteiger partial charge in [-0.25, -0.2) is 9.69 Å². The van der Waals surface area contributed by atoms with Crippen LogP contribution in [0, 0.1) is 0 Å². The highest BCUT2D eigenvalue weighted by Crippen LogP contribution is 2.36. The second-order valence-electron chi connectivity index (χ2n) is 6.70. The summed E-state index contributed by atoms with van der Waals surface area (Å²) in [6, 6.07) is 10.9. The number of amides is 4. The zero-order valence-corrected chi connectivity index (χ0v) is 15.8. The minimum absolute atomic E-state index is 0.0647. The molecule has 0 radical (unpaired) electrons. The van der Waals surface area contributed by atoms with Crippen LogP contribution < -0.4 is 24.4 Å². The summed E-state index contributed by atoms with van der Waals surface area (Å²) in [6.45, 7) is 3.82. The van der Waals surface area contributed by atoms with Gasteiger partial charge in [-0.1, -0.05) is 18.2 Å². The van der Waals surface area contributed by atoms with Crippen LogP contribution in [-0.2, 0) is 9.59 Å². The van der Waals surface area contributed by atoms with E-state index in [1.165, 1.54) is 12.1 Å². The van der Waals surface area contributed by atoms with Gasteiger partial charge in [-0.2, -0.15) is 0 Å². The number of hydrogen-bond acceptors (Lipinski definition) is 6.